The number of halogens is 2. The molecule has 0 bridgehead atoms. The van der Waals surface area contributed by atoms with Gasteiger partial charge in [0, 0.05) is 19.1 Å². The van der Waals surface area contributed by atoms with Gasteiger partial charge in [-0.1, -0.05) is 29.3 Å². The molecule has 1 saturated heterocycles. The third kappa shape index (κ3) is 3.45. The second-order valence-electron chi connectivity index (χ2n) is 5.28. The van der Waals surface area contributed by atoms with Crippen LogP contribution < -0.4 is 0 Å². The molecule has 3 N–H and O–H groups in total. The molecule has 4 atom stereocenters. The fourth-order valence-electron chi connectivity index (χ4n) is 2.51. The van der Waals surface area contributed by atoms with E-state index in [1.165, 1.54) is 0 Å². The quantitative estimate of drug-likeness (QED) is 0.786. The molecular formula is C14H19Cl2NO3. The predicted molar refractivity (Wildman–Crippen MR) is 79.2 cm³/mol. The average Bonchev–Trinajstić information content (AvgIpc) is 2.42. The molecule has 1 aliphatic rings. The first-order valence-corrected chi connectivity index (χ1v) is 7.38. The Balaban J connectivity index is 1.97. The van der Waals surface area contributed by atoms with Crippen molar-refractivity contribution in [2.45, 2.75) is 37.7 Å². The van der Waals surface area contributed by atoms with Crippen molar-refractivity contribution in [2.24, 2.45) is 0 Å². The van der Waals surface area contributed by atoms with E-state index >= 15 is 0 Å². The molecule has 0 saturated carbocycles. The lowest BCUT2D eigenvalue weighted by molar-refractivity contribution is -0.132. The van der Waals surface area contributed by atoms with Crippen LogP contribution in [0.1, 0.15) is 12.5 Å². The summed E-state index contributed by atoms with van der Waals surface area (Å²) in [5.41, 5.74) is 1.04. The van der Waals surface area contributed by atoms with Gasteiger partial charge in [0.15, 0.2) is 0 Å². The maximum Gasteiger partial charge on any atom is 0.108 e. The van der Waals surface area contributed by atoms with Gasteiger partial charge in [0.25, 0.3) is 0 Å². The zero-order valence-electron chi connectivity index (χ0n) is 11.2. The Hall–Kier alpha value is -0.360. The van der Waals surface area contributed by atoms with Crippen LogP contribution in [0.25, 0.3) is 0 Å². The van der Waals surface area contributed by atoms with Gasteiger partial charge in [-0.3, -0.25) is 4.90 Å². The molecule has 0 aliphatic carbocycles. The molecule has 2 rings (SSSR count). The van der Waals surface area contributed by atoms with Crippen LogP contribution in [-0.2, 0) is 6.42 Å². The number of β-amino-alcohol motifs (C(OH)–C–C–N with tert-alkyl or cyclic N) is 1. The summed E-state index contributed by atoms with van der Waals surface area (Å²) in [4.78, 5) is 1.96. The number of rotatable bonds is 3. The van der Waals surface area contributed by atoms with Crippen LogP contribution in [0.5, 0.6) is 0 Å². The summed E-state index contributed by atoms with van der Waals surface area (Å²) in [5.74, 6) is 0. The maximum absolute atomic E-state index is 9.87. The maximum atomic E-state index is 9.87. The molecule has 4 nitrogen and oxygen atoms in total. The number of piperidine rings is 1. The van der Waals surface area contributed by atoms with Crippen molar-refractivity contribution in [3.8, 4) is 0 Å². The summed E-state index contributed by atoms with van der Waals surface area (Å²) < 4.78 is 0. The minimum Gasteiger partial charge on any atom is -0.389 e. The van der Waals surface area contributed by atoms with Crippen LogP contribution in [0.4, 0.5) is 0 Å². The molecule has 1 aromatic rings. The van der Waals surface area contributed by atoms with Gasteiger partial charge in [-0.2, -0.15) is 0 Å². The van der Waals surface area contributed by atoms with Crippen molar-refractivity contribution in [1.82, 2.24) is 4.90 Å². The SMILES string of the molecule is C[C@@H]1[C@@H](O)[C@H](O)[C@@H](O)CN1CCc1ccc(Cl)c(Cl)c1. The third-order valence-electron chi connectivity index (χ3n) is 3.91. The van der Waals surface area contributed by atoms with Crippen molar-refractivity contribution in [3.63, 3.8) is 0 Å². The third-order valence-corrected chi connectivity index (χ3v) is 4.65. The van der Waals surface area contributed by atoms with Crippen molar-refractivity contribution >= 4 is 23.2 Å². The number of nitrogens with zero attached hydrogens (tertiary/aromatic N) is 1. The molecule has 1 aromatic carbocycles. The first-order chi connectivity index (χ1) is 9.40. The molecule has 0 radical (unpaired) electrons. The highest BCUT2D eigenvalue weighted by Crippen LogP contribution is 2.24. The minimum atomic E-state index is -1.08. The lowest BCUT2D eigenvalue weighted by atomic mass is 9.94. The smallest absolute Gasteiger partial charge is 0.108 e. The highest BCUT2D eigenvalue weighted by molar-refractivity contribution is 6.42. The van der Waals surface area contributed by atoms with Gasteiger partial charge >= 0.3 is 0 Å². The second kappa shape index (κ2) is 6.60. The van der Waals surface area contributed by atoms with Gasteiger partial charge in [-0.05, 0) is 31.0 Å². The van der Waals surface area contributed by atoms with Crippen LogP contribution in [0.15, 0.2) is 18.2 Å². The molecule has 0 unspecified atom stereocenters. The van der Waals surface area contributed by atoms with Gasteiger partial charge in [0.05, 0.1) is 22.3 Å². The topological polar surface area (TPSA) is 63.9 Å². The van der Waals surface area contributed by atoms with E-state index in [4.69, 9.17) is 23.2 Å². The molecule has 6 heteroatoms. The Bertz CT molecular complexity index is 472. The lowest BCUT2D eigenvalue weighted by Crippen LogP contribution is -2.60. The normalized spacial score (nSPS) is 31.5. The summed E-state index contributed by atoms with van der Waals surface area (Å²) in [6.45, 7) is 2.86. The summed E-state index contributed by atoms with van der Waals surface area (Å²) >= 11 is 11.8. The number of likely N-dealkylation sites (tertiary alicyclic amines) is 1. The number of hydrogen-bond donors (Lipinski definition) is 3. The summed E-state index contributed by atoms with van der Waals surface area (Å²) in [6, 6.07) is 5.29. The van der Waals surface area contributed by atoms with Crippen molar-refractivity contribution in [2.75, 3.05) is 13.1 Å². The lowest BCUT2D eigenvalue weighted by Gasteiger charge is -2.42. The van der Waals surface area contributed by atoms with Crippen LogP contribution in [0.2, 0.25) is 10.0 Å². The number of aliphatic hydroxyl groups is 3. The van der Waals surface area contributed by atoms with E-state index in [0.717, 1.165) is 12.0 Å². The van der Waals surface area contributed by atoms with Gasteiger partial charge in [0.1, 0.15) is 6.10 Å². The van der Waals surface area contributed by atoms with E-state index in [0.29, 0.717) is 23.1 Å². The molecule has 0 aromatic heterocycles. The van der Waals surface area contributed by atoms with Gasteiger partial charge < -0.3 is 15.3 Å². The fourth-order valence-corrected chi connectivity index (χ4v) is 2.83. The first-order valence-electron chi connectivity index (χ1n) is 6.62. The number of aliphatic hydroxyl groups excluding tert-OH is 3. The number of hydrogen-bond acceptors (Lipinski definition) is 4. The largest absolute Gasteiger partial charge is 0.389 e. The van der Waals surface area contributed by atoms with Gasteiger partial charge in [-0.25, -0.2) is 0 Å². The van der Waals surface area contributed by atoms with Crippen molar-refractivity contribution in [1.29, 1.82) is 0 Å². The predicted octanol–water partition coefficient (Wildman–Crippen LogP) is 1.32. The molecule has 1 heterocycles. The van der Waals surface area contributed by atoms with Crippen LogP contribution in [0.3, 0.4) is 0 Å². The fraction of sp³-hybridized carbons (Fsp3) is 0.571. The van der Waals surface area contributed by atoms with Gasteiger partial charge in [0.2, 0.25) is 0 Å². The standard InChI is InChI=1S/C14H19Cl2NO3/c1-8-13(19)14(20)12(18)7-17(8)5-4-9-2-3-10(15)11(16)6-9/h2-3,6,8,12-14,18-20H,4-5,7H2,1H3/t8-,12+,13-,14-/m1/s1. The molecule has 20 heavy (non-hydrogen) atoms. The first kappa shape index (κ1) is 16.0. The Morgan fingerprint density at radius 3 is 2.50 bits per heavy atom. The summed E-state index contributed by atoms with van der Waals surface area (Å²) in [6.07, 6.45) is -2.20. The Morgan fingerprint density at radius 1 is 1.15 bits per heavy atom. The van der Waals surface area contributed by atoms with Crippen LogP contribution >= 0.6 is 23.2 Å². The summed E-state index contributed by atoms with van der Waals surface area (Å²) in [5, 5.41) is 30.3. The Labute approximate surface area is 128 Å². The molecule has 0 amide bonds. The highest BCUT2D eigenvalue weighted by atomic mass is 35.5. The van der Waals surface area contributed by atoms with Crippen LogP contribution in [0, 0.1) is 0 Å². The molecular weight excluding hydrogens is 301 g/mol. The highest BCUT2D eigenvalue weighted by Gasteiger charge is 2.38. The second-order valence-corrected chi connectivity index (χ2v) is 6.10. The molecule has 1 aliphatic heterocycles. The zero-order chi connectivity index (χ0) is 14.9. The van der Waals surface area contributed by atoms with E-state index in [1.54, 1.807) is 6.07 Å². The molecule has 1 fully saturated rings. The Morgan fingerprint density at radius 2 is 1.85 bits per heavy atom. The van der Waals surface area contributed by atoms with E-state index in [1.807, 2.05) is 24.0 Å². The minimum absolute atomic E-state index is 0.198. The van der Waals surface area contributed by atoms with E-state index < -0.39 is 18.3 Å². The van der Waals surface area contributed by atoms with E-state index in [2.05, 4.69) is 0 Å². The van der Waals surface area contributed by atoms with Crippen molar-refractivity contribution < 1.29 is 15.3 Å². The van der Waals surface area contributed by atoms with Crippen LogP contribution in [-0.4, -0.2) is 57.7 Å². The van der Waals surface area contributed by atoms with E-state index in [9.17, 15) is 15.3 Å². The molecule has 112 valence electrons. The van der Waals surface area contributed by atoms with E-state index in [-0.39, 0.29) is 6.04 Å². The summed E-state index contributed by atoms with van der Waals surface area (Å²) in [7, 11) is 0. The molecule has 0 spiro atoms. The average molecular weight is 320 g/mol. The zero-order valence-corrected chi connectivity index (χ0v) is 12.7. The Kier molecular flexibility index (Phi) is 5.29. The number of benzene rings is 1. The monoisotopic (exact) mass is 319 g/mol. The van der Waals surface area contributed by atoms with Gasteiger partial charge in [-0.15, -0.1) is 0 Å². The van der Waals surface area contributed by atoms with Crippen molar-refractivity contribution in [3.05, 3.63) is 33.8 Å².